The van der Waals surface area contributed by atoms with Gasteiger partial charge in [-0.15, -0.1) is 0 Å². The van der Waals surface area contributed by atoms with E-state index < -0.39 is 46.4 Å². The Labute approximate surface area is 308 Å². The average molecular weight is 731 g/mol. The van der Waals surface area contributed by atoms with E-state index in [1.54, 1.807) is 0 Å². The molecule has 2 fully saturated rings. The van der Waals surface area contributed by atoms with Gasteiger partial charge < -0.3 is 24.4 Å². The third-order valence-electron chi connectivity index (χ3n) is 10.5. The predicted octanol–water partition coefficient (Wildman–Crippen LogP) is 5.96. The van der Waals surface area contributed by atoms with Crippen molar-refractivity contribution in [2.75, 3.05) is 19.7 Å². The van der Waals surface area contributed by atoms with Crippen molar-refractivity contribution in [2.24, 2.45) is 0 Å². The molecule has 4 atom stereocenters. The number of nitrogens with zero attached hydrogens (tertiary/aromatic N) is 2. The van der Waals surface area contributed by atoms with Crippen molar-refractivity contribution in [2.45, 2.75) is 95.8 Å². The fraction of sp³-hybridized carbons (Fsp3) is 0.450. The molecule has 0 aromatic heterocycles. The van der Waals surface area contributed by atoms with Gasteiger partial charge >= 0.3 is 5.97 Å². The molecule has 3 aromatic rings. The number of carbonyl (C=O) groups is 4. The van der Waals surface area contributed by atoms with E-state index in [2.05, 4.69) is 51.7 Å². The molecule has 3 aromatic carbocycles. The van der Waals surface area contributed by atoms with E-state index in [9.17, 15) is 24.3 Å². The average Bonchev–Trinajstić information content (AvgIpc) is 3.76. The van der Waals surface area contributed by atoms with Gasteiger partial charge in [0.1, 0.15) is 36.1 Å². The number of ether oxygens (including phenoxy) is 3. The van der Waals surface area contributed by atoms with Gasteiger partial charge in [-0.1, -0.05) is 54.2 Å². The second-order valence-electron chi connectivity index (χ2n) is 14.4. The molecule has 0 aliphatic carbocycles. The molecule has 52 heavy (non-hydrogen) atoms. The summed E-state index contributed by atoms with van der Waals surface area (Å²) in [5, 5.41) is 16.7. The van der Waals surface area contributed by atoms with Gasteiger partial charge in [-0.25, -0.2) is 9.69 Å². The van der Waals surface area contributed by atoms with Crippen molar-refractivity contribution >= 4 is 34.8 Å². The summed E-state index contributed by atoms with van der Waals surface area (Å²) in [7, 11) is 0. The maximum Gasteiger partial charge on any atom is 0.333 e. The SMILES string of the molecule is Cc1c(C)c2c(c(C)c1OCc1ccccc1)C(CN1CCC[C@H]1COc1ccc(CC3SC(=O)N(C(=O)CC(O)C(=O)O)C3=O)cc1)C(C)(C)O2. The van der Waals surface area contributed by atoms with Crippen LogP contribution >= 0.6 is 11.8 Å². The van der Waals surface area contributed by atoms with Crippen molar-refractivity contribution in [1.29, 1.82) is 0 Å². The van der Waals surface area contributed by atoms with Crippen LogP contribution in [-0.2, 0) is 27.4 Å². The van der Waals surface area contributed by atoms with Crippen molar-refractivity contribution < 1.29 is 43.6 Å². The van der Waals surface area contributed by atoms with Gasteiger partial charge in [0.15, 0.2) is 6.10 Å². The number of amides is 3. The number of rotatable bonds is 13. The zero-order valence-electron chi connectivity index (χ0n) is 30.2. The summed E-state index contributed by atoms with van der Waals surface area (Å²) in [5.74, 6) is -0.615. The van der Waals surface area contributed by atoms with Crippen LogP contribution in [0.15, 0.2) is 54.6 Å². The van der Waals surface area contributed by atoms with Crippen LogP contribution in [0.1, 0.15) is 72.4 Å². The Balaban J connectivity index is 1.08. The van der Waals surface area contributed by atoms with Crippen LogP contribution in [0.3, 0.4) is 0 Å². The molecule has 12 heteroatoms. The van der Waals surface area contributed by atoms with E-state index in [-0.39, 0.29) is 18.4 Å². The van der Waals surface area contributed by atoms with Gasteiger partial charge in [-0.2, -0.15) is 0 Å². The summed E-state index contributed by atoms with van der Waals surface area (Å²) in [6.07, 6.45) is -0.544. The highest BCUT2D eigenvalue weighted by molar-refractivity contribution is 8.15. The Morgan fingerprint density at radius 2 is 1.69 bits per heavy atom. The standard InChI is InChI=1S/C40H46N2O9S/c1-23-24(2)36-34(25(3)35(23)50-21-27-10-7-6-8-11-27)30(40(4,5)51-36)20-41-17-9-12-28(41)22-49-29-15-13-26(14-16-29)18-32-37(45)42(39(48)52-32)33(44)19-31(43)38(46)47/h6-8,10-11,13-16,28,30-32,43H,9,12,17-22H2,1-5H3,(H,46,47)/t28-,30?,31?,32?/m0/s1. The lowest BCUT2D eigenvalue weighted by Gasteiger charge is -2.33. The smallest absolute Gasteiger partial charge is 0.333 e. The minimum Gasteiger partial charge on any atom is -0.492 e. The van der Waals surface area contributed by atoms with Crippen molar-refractivity contribution in [3.05, 3.63) is 88.0 Å². The Hall–Kier alpha value is -4.39. The molecule has 3 aliphatic heterocycles. The zero-order valence-corrected chi connectivity index (χ0v) is 31.0. The predicted molar refractivity (Wildman–Crippen MR) is 196 cm³/mol. The van der Waals surface area contributed by atoms with E-state index >= 15 is 0 Å². The van der Waals surface area contributed by atoms with E-state index in [1.807, 2.05) is 42.5 Å². The third kappa shape index (κ3) is 7.69. The number of carboxylic acid groups (broad SMARTS) is 1. The van der Waals surface area contributed by atoms with Crippen LogP contribution < -0.4 is 14.2 Å². The lowest BCUT2D eigenvalue weighted by atomic mass is 9.82. The van der Waals surface area contributed by atoms with Crippen LogP contribution in [0.4, 0.5) is 4.79 Å². The first-order valence-corrected chi connectivity index (χ1v) is 18.6. The Bertz CT molecular complexity index is 1850. The fourth-order valence-corrected chi connectivity index (χ4v) is 8.47. The van der Waals surface area contributed by atoms with Gasteiger partial charge in [-0.3, -0.25) is 19.3 Å². The molecule has 2 N–H and O–H groups in total. The summed E-state index contributed by atoms with van der Waals surface area (Å²) < 4.78 is 19.5. The van der Waals surface area contributed by atoms with Crippen LogP contribution in [0.5, 0.6) is 17.2 Å². The number of hydrogen-bond donors (Lipinski definition) is 2. The largest absolute Gasteiger partial charge is 0.492 e. The molecule has 276 valence electrons. The van der Waals surface area contributed by atoms with E-state index in [0.29, 0.717) is 23.9 Å². The van der Waals surface area contributed by atoms with Gasteiger partial charge in [-0.05, 0) is 100 Å². The number of aliphatic hydroxyl groups is 1. The highest BCUT2D eigenvalue weighted by Crippen LogP contribution is 2.52. The number of carbonyl (C=O) groups excluding carboxylic acids is 3. The van der Waals surface area contributed by atoms with Crippen molar-refractivity contribution in [3.63, 3.8) is 0 Å². The first-order valence-electron chi connectivity index (χ1n) is 17.7. The lowest BCUT2D eigenvalue weighted by molar-refractivity contribution is -0.152. The minimum atomic E-state index is -1.99. The van der Waals surface area contributed by atoms with E-state index in [1.165, 1.54) is 5.56 Å². The van der Waals surface area contributed by atoms with Gasteiger partial charge in [0.05, 0.1) is 11.7 Å². The molecule has 3 unspecified atom stereocenters. The summed E-state index contributed by atoms with van der Waals surface area (Å²) in [4.78, 5) is 51.4. The number of thioether (sulfide) groups is 1. The number of fused-ring (bicyclic) bond motifs is 1. The van der Waals surface area contributed by atoms with Gasteiger partial charge in [0.25, 0.3) is 11.1 Å². The quantitative estimate of drug-likeness (QED) is 0.215. The van der Waals surface area contributed by atoms with E-state index in [0.717, 1.165) is 77.0 Å². The molecule has 3 amide bonds. The molecule has 2 saturated heterocycles. The van der Waals surface area contributed by atoms with Crippen LogP contribution in [0.25, 0.3) is 0 Å². The minimum absolute atomic E-state index is 0.136. The number of aliphatic hydroxyl groups excluding tert-OH is 1. The highest BCUT2D eigenvalue weighted by Gasteiger charge is 2.46. The number of aliphatic carboxylic acids is 1. The molecule has 0 bridgehead atoms. The molecule has 3 heterocycles. The fourth-order valence-electron chi connectivity index (χ4n) is 7.45. The molecule has 11 nitrogen and oxygen atoms in total. The maximum absolute atomic E-state index is 12.8. The van der Waals surface area contributed by atoms with Crippen molar-refractivity contribution in [1.82, 2.24) is 9.80 Å². The molecule has 3 aliphatic rings. The van der Waals surface area contributed by atoms with Gasteiger partial charge in [0.2, 0.25) is 5.91 Å². The maximum atomic E-state index is 12.8. The summed E-state index contributed by atoms with van der Waals surface area (Å²) in [5.41, 5.74) is 6.09. The molecular formula is C40H46N2O9S. The first kappa shape index (κ1) is 37.4. The van der Waals surface area contributed by atoms with Crippen LogP contribution in [0.2, 0.25) is 0 Å². The summed E-state index contributed by atoms with van der Waals surface area (Å²) in [6, 6.07) is 17.8. The summed E-state index contributed by atoms with van der Waals surface area (Å²) >= 11 is 0.719. The number of carboxylic acids is 1. The number of hydrogen-bond acceptors (Lipinski definition) is 10. The van der Waals surface area contributed by atoms with Crippen LogP contribution in [0, 0.1) is 20.8 Å². The second kappa shape index (κ2) is 15.3. The first-order chi connectivity index (χ1) is 24.7. The van der Waals surface area contributed by atoms with Crippen LogP contribution in [-0.4, -0.2) is 85.7 Å². The Morgan fingerprint density at radius 1 is 0.981 bits per heavy atom. The topological polar surface area (TPSA) is 143 Å². The molecular weight excluding hydrogens is 685 g/mol. The highest BCUT2D eigenvalue weighted by atomic mass is 32.2. The number of likely N-dealkylation sites (tertiary alicyclic amines) is 1. The van der Waals surface area contributed by atoms with Crippen molar-refractivity contribution in [3.8, 4) is 17.2 Å². The molecule has 0 radical (unpaired) electrons. The Kier molecular flexibility index (Phi) is 11.0. The number of imide groups is 3. The Morgan fingerprint density at radius 3 is 2.38 bits per heavy atom. The monoisotopic (exact) mass is 730 g/mol. The summed E-state index contributed by atoms with van der Waals surface area (Å²) in [6.45, 7) is 13.5. The normalized spacial score (nSPS) is 21.6. The number of benzene rings is 3. The molecule has 6 rings (SSSR count). The lowest BCUT2D eigenvalue weighted by Crippen LogP contribution is -2.42. The molecule has 0 spiro atoms. The van der Waals surface area contributed by atoms with Gasteiger partial charge in [0, 0.05) is 24.1 Å². The third-order valence-corrected chi connectivity index (χ3v) is 11.6. The van der Waals surface area contributed by atoms with E-state index in [4.69, 9.17) is 19.3 Å². The molecule has 0 saturated carbocycles. The second-order valence-corrected chi connectivity index (χ2v) is 15.6. The zero-order chi connectivity index (χ0) is 37.3.